The van der Waals surface area contributed by atoms with Crippen LogP contribution in [-0.4, -0.2) is 68.3 Å². The molecule has 0 spiro atoms. The number of aliphatic hydroxyl groups is 1. The van der Waals surface area contributed by atoms with Gasteiger partial charge in [-0.25, -0.2) is 22.5 Å². The summed E-state index contributed by atoms with van der Waals surface area (Å²) in [5, 5.41) is 22.5. The van der Waals surface area contributed by atoms with Gasteiger partial charge < -0.3 is 15.2 Å². The van der Waals surface area contributed by atoms with Crippen molar-refractivity contribution in [2.45, 2.75) is 45.4 Å². The molecule has 1 amide bonds. The summed E-state index contributed by atoms with van der Waals surface area (Å²) in [5.41, 5.74) is 4.03. The Morgan fingerprint density at radius 3 is 2.77 bits per heavy atom. The molecule has 0 bridgehead atoms. The van der Waals surface area contributed by atoms with E-state index in [-0.39, 0.29) is 41.6 Å². The number of H-pyrrole nitrogens is 1. The minimum atomic E-state index is -2.46. The topological polar surface area (TPSA) is 116 Å². The van der Waals surface area contributed by atoms with Gasteiger partial charge in [0.1, 0.15) is 35.4 Å². The molecule has 0 fully saturated rings. The predicted molar refractivity (Wildman–Crippen MR) is 175 cm³/mol. The summed E-state index contributed by atoms with van der Waals surface area (Å²) in [7, 11) is 0. The normalized spacial score (nSPS) is 14.6. The van der Waals surface area contributed by atoms with E-state index in [0.29, 0.717) is 52.2 Å². The van der Waals surface area contributed by atoms with Gasteiger partial charge in [0, 0.05) is 64.7 Å². The molecule has 0 saturated carbocycles. The Balaban J connectivity index is 1.56. The molecular formula is C34H32F4N6O3S. The lowest BCUT2D eigenvalue weighted by Gasteiger charge is -2.28. The highest BCUT2D eigenvalue weighted by atomic mass is 32.1. The van der Waals surface area contributed by atoms with Crippen LogP contribution in [0.4, 0.5) is 17.6 Å². The number of aromatic amines is 1. The molecule has 6 rings (SSSR count). The molecule has 1 aliphatic heterocycles. The third-order valence-corrected chi connectivity index (χ3v) is 8.93. The molecule has 4 aromatic heterocycles. The number of carbonyl (C=O) groups excluding carboxylic acids is 1. The first-order valence-electron chi connectivity index (χ1n) is 15.2. The number of nitrogens with zero attached hydrogens (tertiary/aromatic N) is 4. The Labute approximate surface area is 277 Å². The van der Waals surface area contributed by atoms with Gasteiger partial charge in [0.05, 0.1) is 35.6 Å². The first kappa shape index (κ1) is 33.2. The van der Waals surface area contributed by atoms with Crippen molar-refractivity contribution in [3.05, 3.63) is 83.1 Å². The van der Waals surface area contributed by atoms with Crippen molar-refractivity contribution in [2.75, 3.05) is 19.7 Å². The lowest BCUT2D eigenvalue weighted by Crippen LogP contribution is -2.34. The zero-order chi connectivity index (χ0) is 34.1. The number of pyridine rings is 2. The van der Waals surface area contributed by atoms with Gasteiger partial charge in [0.2, 0.25) is 5.91 Å². The molecule has 9 nitrogen and oxygen atoms in total. The molecule has 0 radical (unpaired) electrons. The average molecular weight is 681 g/mol. The zero-order valence-corrected chi connectivity index (χ0v) is 26.9. The number of rotatable bonds is 11. The summed E-state index contributed by atoms with van der Waals surface area (Å²) in [6, 6.07) is 6.70. The number of thiophene rings is 1. The summed E-state index contributed by atoms with van der Waals surface area (Å²) in [5.74, 6) is -2.28. The van der Waals surface area contributed by atoms with E-state index in [1.54, 1.807) is 24.1 Å². The maximum atomic E-state index is 15.9. The molecule has 3 N–H and O–H groups in total. The quantitative estimate of drug-likeness (QED) is 0.109. The molecule has 2 atom stereocenters. The summed E-state index contributed by atoms with van der Waals surface area (Å²) in [4.78, 5) is 23.4. The van der Waals surface area contributed by atoms with Crippen LogP contribution < -0.4 is 10.1 Å². The molecule has 5 aromatic rings. The third-order valence-electron chi connectivity index (χ3n) is 8.00. The van der Waals surface area contributed by atoms with Crippen LogP contribution in [0, 0.1) is 11.6 Å². The molecule has 1 aliphatic rings. The van der Waals surface area contributed by atoms with Crippen LogP contribution in [0.5, 0.6) is 5.75 Å². The summed E-state index contributed by atoms with van der Waals surface area (Å²) >= 11 is 1.31. The Morgan fingerprint density at radius 2 is 2.02 bits per heavy atom. The zero-order valence-electron chi connectivity index (χ0n) is 26.1. The number of alkyl halides is 2. The Kier molecular flexibility index (Phi) is 9.58. The van der Waals surface area contributed by atoms with Crippen LogP contribution in [0.1, 0.15) is 36.8 Å². The van der Waals surface area contributed by atoms with E-state index < -0.39 is 30.2 Å². The highest BCUT2D eigenvalue weighted by Gasteiger charge is 2.28. The van der Waals surface area contributed by atoms with E-state index in [4.69, 9.17) is 9.72 Å². The monoisotopic (exact) mass is 680 g/mol. The second kappa shape index (κ2) is 13.8. The van der Waals surface area contributed by atoms with Crippen molar-refractivity contribution in [1.29, 1.82) is 0 Å². The second-order valence-electron chi connectivity index (χ2n) is 11.6. The Morgan fingerprint density at radius 1 is 1.21 bits per heavy atom. The second-order valence-corrected chi connectivity index (χ2v) is 12.5. The smallest absolute Gasteiger partial charge is 0.251 e. The number of hydrogen-bond donors (Lipinski definition) is 3. The van der Waals surface area contributed by atoms with Gasteiger partial charge >= 0.3 is 0 Å². The SMILES string of the molecule is C=CC(=O)N[C@H](C)c1cc(-c2nc(-c3cnc4c(c3)CN(CC(F)F)CC4)c3ccsc3c2-c2c(F)cc(F)cc2OC[C@@H](C)O)n[nH]1. The molecule has 0 aliphatic carbocycles. The van der Waals surface area contributed by atoms with Crippen molar-refractivity contribution in [1.82, 2.24) is 30.4 Å². The van der Waals surface area contributed by atoms with E-state index in [1.165, 1.54) is 18.3 Å². The minimum absolute atomic E-state index is 0.0673. The van der Waals surface area contributed by atoms with Crippen LogP contribution in [0.25, 0.3) is 43.9 Å². The fourth-order valence-corrected chi connectivity index (χ4v) is 6.72. The predicted octanol–water partition coefficient (Wildman–Crippen LogP) is 6.44. The van der Waals surface area contributed by atoms with E-state index in [0.717, 1.165) is 29.5 Å². The standard InChI is InChI=1S/C34H32F4N6O3S/c1-4-29(46)40-18(3)25-12-26(43-42-25)33-31(30-23(36)10-21(35)11-27(30)47-16-17(2)45)34-22(6-8-48-34)32(41-33)19-9-20-14-44(15-28(37)38)7-5-24(20)39-13-19/h4,6,8-13,17-18,28,45H,1,5,7,14-16H2,2-3H3,(H,40,46)(H,42,43)/t17-,18-/m1/s1. The van der Waals surface area contributed by atoms with Gasteiger partial charge in [0.15, 0.2) is 0 Å². The number of halogens is 4. The van der Waals surface area contributed by atoms with Gasteiger partial charge in [-0.05, 0) is 49.1 Å². The number of ether oxygens (including phenoxy) is 1. The summed E-state index contributed by atoms with van der Waals surface area (Å²) < 4.78 is 63.2. The van der Waals surface area contributed by atoms with Gasteiger partial charge in [-0.15, -0.1) is 11.3 Å². The number of aromatic nitrogens is 4. The highest BCUT2D eigenvalue weighted by molar-refractivity contribution is 7.18. The van der Waals surface area contributed by atoms with Crippen molar-refractivity contribution >= 4 is 27.3 Å². The van der Waals surface area contributed by atoms with Crippen LogP contribution in [0.3, 0.4) is 0 Å². The maximum absolute atomic E-state index is 15.9. The number of carbonyl (C=O) groups is 1. The summed E-state index contributed by atoms with van der Waals surface area (Å²) in [6.45, 7) is 6.94. The number of aliphatic hydroxyl groups excluding tert-OH is 1. The fraction of sp³-hybridized carbons (Fsp3) is 0.294. The van der Waals surface area contributed by atoms with Crippen LogP contribution in [0.2, 0.25) is 0 Å². The largest absolute Gasteiger partial charge is 0.490 e. The van der Waals surface area contributed by atoms with Crippen LogP contribution >= 0.6 is 11.3 Å². The fourth-order valence-electron chi connectivity index (χ4n) is 5.77. The number of benzene rings is 1. The Hall–Kier alpha value is -4.66. The van der Waals surface area contributed by atoms with Crippen LogP contribution in [-0.2, 0) is 17.8 Å². The van der Waals surface area contributed by atoms with E-state index in [9.17, 15) is 23.1 Å². The van der Waals surface area contributed by atoms with Gasteiger partial charge in [-0.2, -0.15) is 5.10 Å². The molecule has 14 heteroatoms. The lowest BCUT2D eigenvalue weighted by atomic mass is 9.95. The van der Waals surface area contributed by atoms with Crippen molar-refractivity contribution in [2.24, 2.45) is 0 Å². The molecule has 48 heavy (non-hydrogen) atoms. The lowest BCUT2D eigenvalue weighted by molar-refractivity contribution is -0.117. The highest BCUT2D eigenvalue weighted by Crippen LogP contribution is 2.47. The van der Waals surface area contributed by atoms with Gasteiger partial charge in [-0.1, -0.05) is 6.58 Å². The molecule has 0 saturated heterocycles. The third kappa shape index (κ3) is 6.82. The maximum Gasteiger partial charge on any atom is 0.251 e. The molecule has 1 aromatic carbocycles. The van der Waals surface area contributed by atoms with Crippen molar-refractivity contribution in [3.8, 4) is 39.5 Å². The van der Waals surface area contributed by atoms with Crippen molar-refractivity contribution in [3.63, 3.8) is 0 Å². The van der Waals surface area contributed by atoms with Crippen molar-refractivity contribution < 1.29 is 32.2 Å². The van der Waals surface area contributed by atoms with E-state index >= 15 is 4.39 Å². The first-order chi connectivity index (χ1) is 23.0. The average Bonchev–Trinajstić information content (AvgIpc) is 3.73. The van der Waals surface area contributed by atoms with Gasteiger partial charge in [-0.3, -0.25) is 19.8 Å². The van der Waals surface area contributed by atoms with E-state index in [1.807, 2.05) is 17.5 Å². The van der Waals surface area contributed by atoms with E-state index in [2.05, 4.69) is 27.1 Å². The molecule has 0 unspecified atom stereocenters. The van der Waals surface area contributed by atoms with Gasteiger partial charge in [0.25, 0.3) is 6.43 Å². The van der Waals surface area contributed by atoms with Crippen LogP contribution in [0.15, 0.2) is 54.6 Å². The Bertz CT molecular complexity index is 2000. The molecule has 250 valence electrons. The minimum Gasteiger partial charge on any atom is -0.490 e. The number of hydrogen-bond acceptors (Lipinski definition) is 8. The summed E-state index contributed by atoms with van der Waals surface area (Å²) in [6.07, 6.45) is -0.0134. The first-order valence-corrected chi connectivity index (χ1v) is 16.1. The molecule has 5 heterocycles. The number of nitrogens with one attached hydrogen (secondary N) is 2. The molecular weight excluding hydrogens is 648 g/mol. The number of fused-ring (bicyclic) bond motifs is 2. The number of amides is 1.